The number of nitrogens with one attached hydrogen (secondary N) is 1. The molecule has 6 nitrogen and oxygen atoms in total. The lowest BCUT2D eigenvalue weighted by molar-refractivity contribution is 0.0777. The quantitative estimate of drug-likeness (QED) is 0.794. The minimum atomic E-state index is 0. The van der Waals surface area contributed by atoms with Crippen molar-refractivity contribution in [3.05, 3.63) is 29.3 Å². The van der Waals surface area contributed by atoms with Gasteiger partial charge in [-0.3, -0.25) is 4.79 Å². The number of thiazole rings is 1. The maximum absolute atomic E-state index is 12.8. The van der Waals surface area contributed by atoms with Gasteiger partial charge in [-0.2, -0.15) is 0 Å². The van der Waals surface area contributed by atoms with Crippen molar-refractivity contribution in [2.45, 2.75) is 0 Å². The molecule has 2 atom stereocenters. The van der Waals surface area contributed by atoms with E-state index in [0.717, 1.165) is 48.2 Å². The van der Waals surface area contributed by atoms with E-state index in [0.29, 0.717) is 30.7 Å². The average Bonchev–Trinajstić information content (AvgIpc) is 3.36. The maximum atomic E-state index is 12.8. The third-order valence-electron chi connectivity index (χ3n) is 5.19. The molecule has 5 rings (SSSR count). The third kappa shape index (κ3) is 3.74. The molecule has 3 aliphatic rings. The van der Waals surface area contributed by atoms with Gasteiger partial charge in [-0.1, -0.05) is 0 Å². The molecule has 2 saturated heterocycles. The lowest BCUT2D eigenvalue weighted by atomic mass is 10.0. The predicted molar refractivity (Wildman–Crippen MR) is 109 cm³/mol. The molecule has 0 radical (unpaired) electrons. The fraction of sp³-hybridized carbons (Fsp3) is 0.444. The van der Waals surface area contributed by atoms with Gasteiger partial charge in [-0.05, 0) is 30.0 Å². The van der Waals surface area contributed by atoms with Crippen LogP contribution in [0.1, 0.15) is 10.5 Å². The van der Waals surface area contributed by atoms with Gasteiger partial charge in [-0.15, -0.1) is 36.2 Å². The number of fused-ring (bicyclic) bond motifs is 2. The number of rotatable bonds is 2. The Bertz CT molecular complexity index is 820. The number of likely N-dealkylation sites (tertiary alicyclic amines) is 1. The zero-order valence-corrected chi connectivity index (χ0v) is 17.0. The molecule has 0 bridgehead atoms. The highest BCUT2D eigenvalue weighted by Gasteiger charge is 2.38. The van der Waals surface area contributed by atoms with Crippen LogP contribution in [-0.4, -0.2) is 55.2 Å². The van der Waals surface area contributed by atoms with Crippen LogP contribution in [0.5, 0.6) is 11.5 Å². The van der Waals surface area contributed by atoms with Crippen molar-refractivity contribution < 1.29 is 14.3 Å². The van der Waals surface area contributed by atoms with Gasteiger partial charge in [0.15, 0.2) is 11.5 Å². The molecular formula is C18H21Cl2N3O3S. The average molecular weight is 430 g/mol. The molecule has 1 aromatic heterocycles. The Hall–Kier alpha value is -1.54. The van der Waals surface area contributed by atoms with Crippen LogP contribution in [0.3, 0.4) is 0 Å². The van der Waals surface area contributed by atoms with E-state index >= 15 is 0 Å². The molecule has 2 aromatic rings. The van der Waals surface area contributed by atoms with Crippen LogP contribution >= 0.6 is 36.2 Å². The highest BCUT2D eigenvalue weighted by atomic mass is 35.5. The number of carbonyl (C=O) groups is 1. The Balaban J connectivity index is 0.00000105. The number of carbonyl (C=O) groups excluding carboxylic acids is 1. The first-order valence-corrected chi connectivity index (χ1v) is 9.51. The van der Waals surface area contributed by atoms with Crippen molar-refractivity contribution in [1.29, 1.82) is 0 Å². The Labute approximate surface area is 174 Å². The second-order valence-electron chi connectivity index (χ2n) is 6.78. The number of ether oxygens (including phenoxy) is 2. The number of benzene rings is 1. The van der Waals surface area contributed by atoms with Crippen LogP contribution in [0.25, 0.3) is 10.6 Å². The molecule has 0 unspecified atom stereocenters. The number of aromatic nitrogens is 1. The fourth-order valence-electron chi connectivity index (χ4n) is 3.86. The van der Waals surface area contributed by atoms with E-state index < -0.39 is 0 Å². The van der Waals surface area contributed by atoms with Crippen molar-refractivity contribution in [2.75, 3.05) is 39.4 Å². The fourth-order valence-corrected chi connectivity index (χ4v) is 4.66. The Morgan fingerprint density at radius 3 is 2.56 bits per heavy atom. The molecule has 3 aliphatic heterocycles. The number of amides is 1. The van der Waals surface area contributed by atoms with Crippen LogP contribution in [0.2, 0.25) is 0 Å². The summed E-state index contributed by atoms with van der Waals surface area (Å²) in [7, 11) is 0. The van der Waals surface area contributed by atoms with Crippen LogP contribution in [0.4, 0.5) is 0 Å². The Morgan fingerprint density at radius 2 is 1.81 bits per heavy atom. The molecule has 1 aromatic carbocycles. The van der Waals surface area contributed by atoms with Crippen LogP contribution in [-0.2, 0) is 0 Å². The minimum absolute atomic E-state index is 0. The summed E-state index contributed by atoms with van der Waals surface area (Å²) in [6, 6.07) is 5.81. The third-order valence-corrected chi connectivity index (χ3v) is 6.08. The number of hydrogen-bond acceptors (Lipinski definition) is 6. The summed E-state index contributed by atoms with van der Waals surface area (Å²) in [6.07, 6.45) is 0. The van der Waals surface area contributed by atoms with Gasteiger partial charge in [0.25, 0.3) is 5.91 Å². The number of hydrogen-bond donors (Lipinski definition) is 1. The predicted octanol–water partition coefficient (Wildman–Crippen LogP) is 2.72. The van der Waals surface area contributed by atoms with Crippen molar-refractivity contribution in [1.82, 2.24) is 15.2 Å². The van der Waals surface area contributed by atoms with Gasteiger partial charge in [0.2, 0.25) is 0 Å². The van der Waals surface area contributed by atoms with Crippen LogP contribution in [0.15, 0.2) is 23.6 Å². The van der Waals surface area contributed by atoms with E-state index in [4.69, 9.17) is 9.47 Å². The van der Waals surface area contributed by atoms with Crippen molar-refractivity contribution in [3.8, 4) is 22.1 Å². The molecule has 0 aliphatic carbocycles. The number of nitrogens with zero attached hydrogens (tertiary/aromatic N) is 2. The molecule has 0 spiro atoms. The summed E-state index contributed by atoms with van der Waals surface area (Å²) in [5, 5.41) is 6.10. The zero-order valence-electron chi connectivity index (χ0n) is 14.6. The molecular weight excluding hydrogens is 409 g/mol. The van der Waals surface area contributed by atoms with E-state index in [-0.39, 0.29) is 30.7 Å². The van der Waals surface area contributed by atoms with Gasteiger partial charge in [0, 0.05) is 37.1 Å². The monoisotopic (exact) mass is 429 g/mol. The standard InChI is InChI=1S/C18H19N3O3S.2ClH/c22-18(21-8-12-6-19-7-13(12)9-21)14-10-25-17(20-14)11-1-2-15-16(5-11)24-4-3-23-15;;/h1-2,5,10,12-13,19H,3-4,6-9H2;2*1H/t12-,13+;;. The second kappa shape index (κ2) is 8.22. The molecule has 1 N–H and O–H groups in total. The smallest absolute Gasteiger partial charge is 0.273 e. The molecule has 9 heteroatoms. The Morgan fingerprint density at radius 1 is 1.11 bits per heavy atom. The highest BCUT2D eigenvalue weighted by molar-refractivity contribution is 7.13. The van der Waals surface area contributed by atoms with Crippen LogP contribution < -0.4 is 14.8 Å². The highest BCUT2D eigenvalue weighted by Crippen LogP contribution is 2.36. The summed E-state index contributed by atoms with van der Waals surface area (Å²) in [4.78, 5) is 19.3. The molecule has 1 amide bonds. The molecule has 146 valence electrons. The molecule has 0 saturated carbocycles. The summed E-state index contributed by atoms with van der Waals surface area (Å²) >= 11 is 1.49. The maximum Gasteiger partial charge on any atom is 0.273 e. The van der Waals surface area contributed by atoms with Crippen molar-refractivity contribution >= 4 is 42.1 Å². The summed E-state index contributed by atoms with van der Waals surface area (Å²) in [5.74, 6) is 2.75. The normalized spacial score (nSPS) is 22.6. The summed E-state index contributed by atoms with van der Waals surface area (Å²) in [5.41, 5.74) is 1.50. The lowest BCUT2D eigenvalue weighted by Crippen LogP contribution is -2.32. The van der Waals surface area contributed by atoms with E-state index in [9.17, 15) is 4.79 Å². The Kier molecular flexibility index (Phi) is 6.15. The second-order valence-corrected chi connectivity index (χ2v) is 7.64. The zero-order chi connectivity index (χ0) is 16.8. The van der Waals surface area contributed by atoms with E-state index in [1.807, 2.05) is 28.5 Å². The first-order valence-electron chi connectivity index (χ1n) is 8.63. The minimum Gasteiger partial charge on any atom is -0.486 e. The van der Waals surface area contributed by atoms with E-state index in [1.54, 1.807) is 0 Å². The van der Waals surface area contributed by atoms with Crippen molar-refractivity contribution in [2.24, 2.45) is 11.8 Å². The number of halogens is 2. The van der Waals surface area contributed by atoms with Gasteiger partial charge in [0.1, 0.15) is 23.9 Å². The lowest BCUT2D eigenvalue weighted by Gasteiger charge is -2.18. The van der Waals surface area contributed by atoms with Gasteiger partial charge >= 0.3 is 0 Å². The van der Waals surface area contributed by atoms with Crippen LogP contribution in [0, 0.1) is 11.8 Å². The molecule has 27 heavy (non-hydrogen) atoms. The summed E-state index contributed by atoms with van der Waals surface area (Å²) < 4.78 is 11.2. The first kappa shape index (κ1) is 20.2. The van der Waals surface area contributed by atoms with Gasteiger partial charge in [-0.25, -0.2) is 4.98 Å². The first-order chi connectivity index (χ1) is 12.3. The van der Waals surface area contributed by atoms with Gasteiger partial charge in [0.05, 0.1) is 0 Å². The largest absolute Gasteiger partial charge is 0.486 e. The van der Waals surface area contributed by atoms with E-state index in [2.05, 4.69) is 10.3 Å². The SMILES string of the molecule is Cl.Cl.O=C(c1csc(-c2ccc3c(c2)OCCO3)n1)N1C[C@H]2CNC[C@H]2C1. The van der Waals surface area contributed by atoms with E-state index in [1.165, 1.54) is 11.3 Å². The topological polar surface area (TPSA) is 63.7 Å². The van der Waals surface area contributed by atoms with Crippen molar-refractivity contribution in [3.63, 3.8) is 0 Å². The summed E-state index contributed by atoms with van der Waals surface area (Å²) in [6.45, 7) is 4.86. The van der Waals surface area contributed by atoms with Gasteiger partial charge < -0.3 is 19.7 Å². The molecule has 4 heterocycles. The molecule has 2 fully saturated rings.